The fourth-order valence-electron chi connectivity index (χ4n) is 4.42. The largest absolute Gasteiger partial charge is 0.507 e. The van der Waals surface area contributed by atoms with E-state index in [1.54, 1.807) is 24.4 Å². The summed E-state index contributed by atoms with van der Waals surface area (Å²) in [5.74, 6) is -1.82. The van der Waals surface area contributed by atoms with Crippen LogP contribution in [0.15, 0.2) is 78.5 Å². The fourth-order valence-corrected chi connectivity index (χ4v) is 4.72. The number of hydrogen-bond donors (Lipinski definition) is 2. The van der Waals surface area contributed by atoms with Gasteiger partial charge in [0, 0.05) is 53.7 Å². The molecule has 1 aromatic heterocycles. The van der Waals surface area contributed by atoms with Crippen molar-refractivity contribution < 1.29 is 14.7 Å². The smallest absolute Gasteiger partial charge is 0.300 e. The van der Waals surface area contributed by atoms with Gasteiger partial charge in [-0.1, -0.05) is 41.4 Å². The van der Waals surface area contributed by atoms with E-state index in [2.05, 4.69) is 4.98 Å². The van der Waals surface area contributed by atoms with E-state index >= 15 is 0 Å². The first-order valence-corrected chi connectivity index (χ1v) is 11.6. The number of benzene rings is 3. The number of H-pyrrole nitrogens is 1. The molecule has 1 aliphatic rings. The van der Waals surface area contributed by atoms with Gasteiger partial charge >= 0.3 is 0 Å². The van der Waals surface area contributed by atoms with E-state index in [1.807, 2.05) is 55.4 Å². The summed E-state index contributed by atoms with van der Waals surface area (Å²) in [7, 11) is 3.84. The lowest BCUT2D eigenvalue weighted by atomic mass is 9.94. The maximum atomic E-state index is 13.4. The van der Waals surface area contributed by atoms with Crippen LogP contribution in [0.4, 0.5) is 11.4 Å². The average molecular weight is 506 g/mol. The molecule has 0 radical (unpaired) electrons. The minimum absolute atomic E-state index is 0.0187. The lowest BCUT2D eigenvalue weighted by Gasteiger charge is -2.25. The molecule has 4 aromatic rings. The lowest BCUT2D eigenvalue weighted by Crippen LogP contribution is -2.29. The molecule has 1 amide bonds. The zero-order valence-corrected chi connectivity index (χ0v) is 20.4. The molecule has 1 unspecified atom stereocenters. The maximum absolute atomic E-state index is 13.4. The third-order valence-electron chi connectivity index (χ3n) is 6.20. The minimum Gasteiger partial charge on any atom is -0.507 e. The topological polar surface area (TPSA) is 76.6 Å². The van der Waals surface area contributed by atoms with Crippen molar-refractivity contribution in [3.63, 3.8) is 0 Å². The number of anilines is 2. The molecule has 35 heavy (non-hydrogen) atoms. The highest BCUT2D eigenvalue weighted by atomic mass is 35.5. The van der Waals surface area contributed by atoms with Crippen molar-refractivity contribution in [2.24, 2.45) is 0 Å². The first-order valence-electron chi connectivity index (χ1n) is 10.9. The second kappa shape index (κ2) is 8.80. The Labute approximate surface area is 212 Å². The Morgan fingerprint density at radius 3 is 2.37 bits per heavy atom. The van der Waals surface area contributed by atoms with E-state index < -0.39 is 17.7 Å². The number of aromatic nitrogens is 1. The Bertz CT molecular complexity index is 1510. The van der Waals surface area contributed by atoms with Crippen LogP contribution in [0.1, 0.15) is 17.2 Å². The van der Waals surface area contributed by atoms with Gasteiger partial charge < -0.3 is 15.0 Å². The van der Waals surface area contributed by atoms with Gasteiger partial charge in [-0.2, -0.15) is 0 Å². The molecule has 0 spiro atoms. The molecule has 5 rings (SSSR count). The van der Waals surface area contributed by atoms with Crippen LogP contribution in [-0.4, -0.2) is 35.9 Å². The number of para-hydroxylation sites is 1. The summed E-state index contributed by atoms with van der Waals surface area (Å²) in [6.07, 6.45) is 1.77. The van der Waals surface area contributed by atoms with E-state index in [4.69, 9.17) is 23.2 Å². The highest BCUT2D eigenvalue weighted by molar-refractivity contribution is 6.52. The number of Topliss-reactive ketones (excluding diaryl/α,β-unsaturated/α-hetero) is 1. The summed E-state index contributed by atoms with van der Waals surface area (Å²) in [5.41, 5.74) is 3.31. The van der Waals surface area contributed by atoms with Crippen LogP contribution >= 0.6 is 23.2 Å². The number of ketones is 1. The van der Waals surface area contributed by atoms with E-state index in [0.717, 1.165) is 16.6 Å². The van der Waals surface area contributed by atoms with Crippen molar-refractivity contribution in [1.29, 1.82) is 0 Å². The third kappa shape index (κ3) is 3.85. The molecule has 1 fully saturated rings. The van der Waals surface area contributed by atoms with E-state index in [1.165, 1.54) is 17.0 Å². The number of halogens is 2. The lowest BCUT2D eigenvalue weighted by molar-refractivity contribution is -0.132. The first kappa shape index (κ1) is 23.0. The van der Waals surface area contributed by atoms with Gasteiger partial charge in [0.05, 0.1) is 21.7 Å². The minimum atomic E-state index is -0.856. The number of nitrogens with one attached hydrogen (secondary N) is 1. The predicted molar refractivity (Wildman–Crippen MR) is 140 cm³/mol. The van der Waals surface area contributed by atoms with Crippen molar-refractivity contribution in [1.82, 2.24) is 4.98 Å². The molecule has 0 bridgehead atoms. The number of fused-ring (bicyclic) bond motifs is 1. The Morgan fingerprint density at radius 2 is 1.69 bits per heavy atom. The van der Waals surface area contributed by atoms with Crippen molar-refractivity contribution in [3.8, 4) is 0 Å². The van der Waals surface area contributed by atoms with Crippen LogP contribution in [0.5, 0.6) is 0 Å². The van der Waals surface area contributed by atoms with Crippen molar-refractivity contribution >= 4 is 62.9 Å². The number of rotatable bonds is 4. The summed E-state index contributed by atoms with van der Waals surface area (Å²) in [6, 6.07) is 18.7. The zero-order valence-electron chi connectivity index (χ0n) is 18.9. The molecule has 8 heteroatoms. The van der Waals surface area contributed by atoms with E-state index in [9.17, 15) is 14.7 Å². The number of amides is 1. The van der Waals surface area contributed by atoms with Gasteiger partial charge in [0.1, 0.15) is 5.76 Å². The molecule has 1 saturated heterocycles. The van der Waals surface area contributed by atoms with Crippen LogP contribution in [-0.2, 0) is 9.59 Å². The number of aromatic amines is 1. The molecule has 3 aromatic carbocycles. The Kier molecular flexibility index (Phi) is 5.79. The third-order valence-corrected chi connectivity index (χ3v) is 6.94. The maximum Gasteiger partial charge on any atom is 0.300 e. The van der Waals surface area contributed by atoms with Crippen LogP contribution in [0.3, 0.4) is 0 Å². The summed E-state index contributed by atoms with van der Waals surface area (Å²) < 4.78 is 0. The van der Waals surface area contributed by atoms with Gasteiger partial charge in [-0.25, -0.2) is 0 Å². The summed E-state index contributed by atoms with van der Waals surface area (Å²) in [5, 5.41) is 12.7. The van der Waals surface area contributed by atoms with Crippen LogP contribution in [0, 0.1) is 0 Å². The van der Waals surface area contributed by atoms with Gasteiger partial charge in [0.25, 0.3) is 11.7 Å². The molecular weight excluding hydrogens is 485 g/mol. The molecule has 176 valence electrons. The van der Waals surface area contributed by atoms with Crippen LogP contribution in [0.2, 0.25) is 10.0 Å². The number of nitrogens with zero attached hydrogens (tertiary/aromatic N) is 2. The van der Waals surface area contributed by atoms with Crippen molar-refractivity contribution in [2.45, 2.75) is 6.04 Å². The summed E-state index contributed by atoms with van der Waals surface area (Å²) >= 11 is 12.2. The molecular formula is C27H21Cl2N3O3. The summed E-state index contributed by atoms with van der Waals surface area (Å²) in [6.45, 7) is 0. The first-order chi connectivity index (χ1) is 16.8. The quantitative estimate of drug-likeness (QED) is 0.197. The van der Waals surface area contributed by atoms with Crippen molar-refractivity contribution in [2.75, 3.05) is 23.9 Å². The molecule has 0 aliphatic carbocycles. The molecule has 2 N–H and O–H groups in total. The number of hydrogen-bond acceptors (Lipinski definition) is 4. The second-order valence-corrected chi connectivity index (χ2v) is 9.31. The predicted octanol–water partition coefficient (Wildman–Crippen LogP) is 6.17. The average Bonchev–Trinajstić information content (AvgIpc) is 3.39. The Balaban J connectivity index is 1.75. The SMILES string of the molecule is CN(C)c1ccc(N2C(=O)C(=O)/C(=C(/O)c3ccc(Cl)c(Cl)c3)C2c2c[nH]c3ccccc23)cc1. The Hall–Kier alpha value is -3.74. The van der Waals surface area contributed by atoms with E-state index in [0.29, 0.717) is 21.8 Å². The molecule has 2 heterocycles. The molecule has 1 aliphatic heterocycles. The fraction of sp³-hybridized carbons (Fsp3) is 0.111. The van der Waals surface area contributed by atoms with Crippen molar-refractivity contribution in [3.05, 3.63) is 99.7 Å². The van der Waals surface area contributed by atoms with Gasteiger partial charge in [-0.05, 0) is 48.5 Å². The standard InChI is InChI=1S/C27H21Cl2N3O3/c1-31(2)16-8-10-17(11-9-16)32-24(19-14-30-22-6-4-3-5-18(19)22)23(26(34)27(32)35)25(33)15-7-12-20(28)21(29)13-15/h3-14,24,30,33H,1-2H3/b25-23+. The monoisotopic (exact) mass is 505 g/mol. The number of carbonyl (C=O) groups excluding carboxylic acids is 2. The molecule has 1 atom stereocenters. The van der Waals surface area contributed by atoms with Gasteiger partial charge in [-0.3, -0.25) is 14.5 Å². The van der Waals surface area contributed by atoms with Gasteiger partial charge in [-0.15, -0.1) is 0 Å². The zero-order chi connectivity index (χ0) is 24.9. The highest BCUT2D eigenvalue weighted by Gasteiger charge is 2.47. The van der Waals surface area contributed by atoms with Gasteiger partial charge in [0.2, 0.25) is 0 Å². The summed E-state index contributed by atoms with van der Waals surface area (Å²) in [4.78, 5) is 33.4. The number of aliphatic hydroxyl groups is 1. The Morgan fingerprint density at radius 1 is 0.971 bits per heavy atom. The highest BCUT2D eigenvalue weighted by Crippen LogP contribution is 2.44. The van der Waals surface area contributed by atoms with E-state index in [-0.39, 0.29) is 16.4 Å². The van der Waals surface area contributed by atoms with Crippen LogP contribution < -0.4 is 9.80 Å². The molecule has 0 saturated carbocycles. The number of carbonyl (C=O) groups is 2. The normalized spacial score (nSPS) is 17.4. The molecule has 6 nitrogen and oxygen atoms in total. The second-order valence-electron chi connectivity index (χ2n) is 8.50. The number of aliphatic hydroxyl groups excluding tert-OH is 1. The van der Waals surface area contributed by atoms with Gasteiger partial charge in [0.15, 0.2) is 0 Å². The van der Waals surface area contributed by atoms with Crippen LogP contribution in [0.25, 0.3) is 16.7 Å².